The lowest BCUT2D eigenvalue weighted by molar-refractivity contribution is 0.403. The fraction of sp³-hybridized carbons (Fsp3) is 0.545. The average Bonchev–Trinajstić information content (AvgIpc) is 2.75. The molecule has 1 aromatic rings. The highest BCUT2D eigenvalue weighted by Crippen LogP contribution is 2.36. The zero-order valence-electron chi connectivity index (χ0n) is 8.29. The first-order valence-electron chi connectivity index (χ1n) is 5.21. The van der Waals surface area contributed by atoms with Gasteiger partial charge in [0.25, 0.3) is 0 Å². The van der Waals surface area contributed by atoms with E-state index in [-0.39, 0.29) is 0 Å². The number of aryl methyl sites for hydroxylation is 1. The molecule has 0 saturated carbocycles. The maximum absolute atomic E-state index is 5.27. The monoisotopic (exact) mass is 190 g/mol. The van der Waals surface area contributed by atoms with Gasteiger partial charge in [-0.2, -0.15) is 0 Å². The predicted octanol–water partition coefficient (Wildman–Crippen LogP) is 1.75. The molecule has 0 radical (unpaired) electrons. The van der Waals surface area contributed by atoms with Crippen LogP contribution >= 0.6 is 0 Å². The molecule has 0 amide bonds. The molecule has 1 N–H and O–H groups in total. The van der Waals surface area contributed by atoms with Crippen LogP contribution in [0.2, 0.25) is 0 Å². The van der Waals surface area contributed by atoms with Crippen molar-refractivity contribution in [3.8, 4) is 0 Å². The van der Waals surface area contributed by atoms with Gasteiger partial charge in [-0.25, -0.2) is 0 Å². The molecule has 1 aliphatic carbocycles. The van der Waals surface area contributed by atoms with Crippen LogP contribution in [-0.4, -0.2) is 17.7 Å². The summed E-state index contributed by atoms with van der Waals surface area (Å²) in [6.07, 6.45) is 4.74. The van der Waals surface area contributed by atoms with Crippen molar-refractivity contribution < 1.29 is 4.52 Å². The summed E-state index contributed by atoms with van der Waals surface area (Å²) in [6.45, 7) is 3.12. The molecule has 2 unspecified atom stereocenters. The zero-order valence-corrected chi connectivity index (χ0v) is 8.29. The van der Waals surface area contributed by atoms with Crippen LogP contribution in [0, 0.1) is 12.8 Å². The van der Waals surface area contributed by atoms with Crippen molar-refractivity contribution in [1.29, 1.82) is 0 Å². The van der Waals surface area contributed by atoms with Crippen molar-refractivity contribution >= 4 is 5.57 Å². The molecule has 1 aromatic heterocycles. The molecule has 3 heteroatoms. The molecule has 0 aromatic carbocycles. The molecule has 2 heterocycles. The Balaban J connectivity index is 1.87. The topological polar surface area (TPSA) is 38.1 Å². The smallest absolute Gasteiger partial charge is 0.162 e. The highest BCUT2D eigenvalue weighted by Gasteiger charge is 2.32. The van der Waals surface area contributed by atoms with Crippen LogP contribution in [0.15, 0.2) is 16.7 Å². The molecule has 1 saturated heterocycles. The zero-order chi connectivity index (χ0) is 9.54. The molecule has 74 valence electrons. The second-order valence-corrected chi connectivity index (χ2v) is 4.26. The summed E-state index contributed by atoms with van der Waals surface area (Å²) in [5.74, 6) is 1.74. The molecule has 2 atom stereocenters. The second-order valence-electron chi connectivity index (χ2n) is 4.26. The van der Waals surface area contributed by atoms with E-state index in [2.05, 4.69) is 16.5 Å². The normalized spacial score (nSPS) is 30.5. The maximum Gasteiger partial charge on any atom is 0.162 e. The fourth-order valence-electron chi connectivity index (χ4n) is 2.47. The SMILES string of the molecule is Cc1cc(C2=CC3NCCC3C2)on1. The van der Waals surface area contributed by atoms with Gasteiger partial charge in [-0.15, -0.1) is 0 Å². The van der Waals surface area contributed by atoms with E-state index in [9.17, 15) is 0 Å². The molecule has 14 heavy (non-hydrogen) atoms. The van der Waals surface area contributed by atoms with Crippen molar-refractivity contribution in [2.45, 2.75) is 25.8 Å². The van der Waals surface area contributed by atoms with Gasteiger partial charge in [0, 0.05) is 12.1 Å². The predicted molar refractivity (Wildman–Crippen MR) is 53.7 cm³/mol. The van der Waals surface area contributed by atoms with Crippen molar-refractivity contribution in [2.75, 3.05) is 6.54 Å². The fourth-order valence-corrected chi connectivity index (χ4v) is 2.47. The first kappa shape index (κ1) is 8.24. The molecule has 0 bridgehead atoms. The number of hydrogen-bond donors (Lipinski definition) is 1. The summed E-state index contributed by atoms with van der Waals surface area (Å²) in [6, 6.07) is 2.60. The summed E-state index contributed by atoms with van der Waals surface area (Å²) in [7, 11) is 0. The second kappa shape index (κ2) is 2.95. The lowest BCUT2D eigenvalue weighted by Crippen LogP contribution is -2.20. The molecule has 3 rings (SSSR count). The van der Waals surface area contributed by atoms with Crippen LogP contribution in [0.5, 0.6) is 0 Å². The molecule has 2 aliphatic rings. The van der Waals surface area contributed by atoms with Gasteiger partial charge in [-0.3, -0.25) is 0 Å². The van der Waals surface area contributed by atoms with Crippen molar-refractivity contribution in [3.05, 3.63) is 23.6 Å². The van der Waals surface area contributed by atoms with E-state index in [1.807, 2.05) is 13.0 Å². The van der Waals surface area contributed by atoms with Gasteiger partial charge in [-0.05, 0) is 37.8 Å². The first-order chi connectivity index (χ1) is 6.83. The van der Waals surface area contributed by atoms with Gasteiger partial charge in [0.15, 0.2) is 5.76 Å². The summed E-state index contributed by atoms with van der Waals surface area (Å²) < 4.78 is 5.27. The maximum atomic E-state index is 5.27. The number of nitrogens with zero attached hydrogens (tertiary/aromatic N) is 1. The van der Waals surface area contributed by atoms with Gasteiger partial charge in [-0.1, -0.05) is 11.2 Å². The van der Waals surface area contributed by atoms with E-state index in [1.165, 1.54) is 12.0 Å². The third kappa shape index (κ3) is 1.20. The summed E-state index contributed by atoms with van der Waals surface area (Å²) in [4.78, 5) is 0. The highest BCUT2D eigenvalue weighted by atomic mass is 16.5. The summed E-state index contributed by atoms with van der Waals surface area (Å²) in [5, 5.41) is 7.41. The van der Waals surface area contributed by atoms with Crippen molar-refractivity contribution in [1.82, 2.24) is 10.5 Å². The number of fused-ring (bicyclic) bond motifs is 1. The quantitative estimate of drug-likeness (QED) is 0.733. The van der Waals surface area contributed by atoms with Crippen LogP contribution in [0.25, 0.3) is 5.57 Å². The summed E-state index contributed by atoms with van der Waals surface area (Å²) in [5.41, 5.74) is 2.29. The largest absolute Gasteiger partial charge is 0.356 e. The van der Waals surface area contributed by atoms with Crippen molar-refractivity contribution in [2.24, 2.45) is 5.92 Å². The number of hydrogen-bond acceptors (Lipinski definition) is 3. The minimum Gasteiger partial charge on any atom is -0.356 e. The van der Waals surface area contributed by atoms with Crippen molar-refractivity contribution in [3.63, 3.8) is 0 Å². The van der Waals surface area contributed by atoms with Gasteiger partial charge in [0.05, 0.1) is 5.69 Å². The molecule has 1 aliphatic heterocycles. The molecule has 1 fully saturated rings. The number of nitrogens with one attached hydrogen (secondary N) is 1. The Hall–Kier alpha value is -1.09. The Morgan fingerprint density at radius 1 is 1.57 bits per heavy atom. The van der Waals surface area contributed by atoms with E-state index < -0.39 is 0 Å². The lowest BCUT2D eigenvalue weighted by Gasteiger charge is -2.05. The number of allylic oxidation sites excluding steroid dienone is 1. The van der Waals surface area contributed by atoms with Crippen LogP contribution in [0.1, 0.15) is 24.3 Å². The third-order valence-corrected chi connectivity index (χ3v) is 3.21. The minimum atomic E-state index is 0.579. The van der Waals surface area contributed by atoms with Crippen LogP contribution < -0.4 is 5.32 Å². The average molecular weight is 190 g/mol. The molecule has 0 spiro atoms. The standard InChI is InChI=1S/C11H14N2O/c1-7-4-11(14-13-7)9-5-8-2-3-12-10(8)6-9/h4,6,8,10,12H,2-3,5H2,1H3. The Kier molecular flexibility index (Phi) is 1.74. The molecular weight excluding hydrogens is 176 g/mol. The summed E-state index contributed by atoms with van der Waals surface area (Å²) >= 11 is 0. The van der Waals surface area contributed by atoms with E-state index >= 15 is 0 Å². The Morgan fingerprint density at radius 3 is 3.21 bits per heavy atom. The van der Waals surface area contributed by atoms with Crippen LogP contribution in [0.3, 0.4) is 0 Å². The minimum absolute atomic E-state index is 0.579. The van der Waals surface area contributed by atoms with E-state index in [0.717, 1.165) is 30.3 Å². The van der Waals surface area contributed by atoms with Gasteiger partial charge >= 0.3 is 0 Å². The van der Waals surface area contributed by atoms with Gasteiger partial charge in [0.2, 0.25) is 0 Å². The van der Waals surface area contributed by atoms with Crippen LogP contribution in [0.4, 0.5) is 0 Å². The van der Waals surface area contributed by atoms with E-state index in [0.29, 0.717) is 6.04 Å². The van der Waals surface area contributed by atoms with Crippen LogP contribution in [-0.2, 0) is 0 Å². The van der Waals surface area contributed by atoms with E-state index in [4.69, 9.17) is 4.52 Å². The van der Waals surface area contributed by atoms with Gasteiger partial charge < -0.3 is 9.84 Å². The Morgan fingerprint density at radius 2 is 2.50 bits per heavy atom. The van der Waals surface area contributed by atoms with E-state index in [1.54, 1.807) is 0 Å². The van der Waals surface area contributed by atoms with Gasteiger partial charge in [0.1, 0.15) is 0 Å². The Bertz CT molecular complexity index is 380. The molecular formula is C11H14N2O. The highest BCUT2D eigenvalue weighted by molar-refractivity contribution is 5.65. The third-order valence-electron chi connectivity index (χ3n) is 3.21. The first-order valence-corrected chi connectivity index (χ1v) is 5.21. The Labute approximate surface area is 83.2 Å². The number of rotatable bonds is 1. The molecule has 3 nitrogen and oxygen atoms in total. The lowest BCUT2D eigenvalue weighted by atomic mass is 10.0. The number of aromatic nitrogens is 1.